The summed E-state index contributed by atoms with van der Waals surface area (Å²) in [6.07, 6.45) is 0. The quantitative estimate of drug-likeness (QED) is 0.845. The van der Waals surface area contributed by atoms with Crippen molar-refractivity contribution in [2.75, 3.05) is 16.9 Å². The SMILES string of the molecule is CC(C)(O)c1ccc2c(c1)NCN2c1ccc(F)c(Br)c1. The fourth-order valence-electron chi connectivity index (χ4n) is 2.43. The lowest BCUT2D eigenvalue weighted by Gasteiger charge is -2.21. The van der Waals surface area contributed by atoms with Crippen molar-refractivity contribution in [3.8, 4) is 0 Å². The Bertz CT molecular complexity index is 697. The number of rotatable bonds is 2. The van der Waals surface area contributed by atoms with Gasteiger partial charge in [0, 0.05) is 5.69 Å². The van der Waals surface area contributed by atoms with Crippen LogP contribution in [0.25, 0.3) is 0 Å². The Balaban J connectivity index is 1.99. The number of fused-ring (bicyclic) bond motifs is 1. The third-order valence-corrected chi connectivity index (χ3v) is 4.24. The second-order valence-corrected chi connectivity index (χ2v) is 6.51. The summed E-state index contributed by atoms with van der Waals surface area (Å²) in [7, 11) is 0. The molecule has 0 bridgehead atoms. The average molecular weight is 351 g/mol. The van der Waals surface area contributed by atoms with Gasteiger partial charge in [-0.1, -0.05) is 6.07 Å². The monoisotopic (exact) mass is 350 g/mol. The molecule has 110 valence electrons. The number of hydrogen-bond acceptors (Lipinski definition) is 3. The highest BCUT2D eigenvalue weighted by Gasteiger charge is 2.24. The van der Waals surface area contributed by atoms with Crippen molar-refractivity contribution >= 4 is 33.0 Å². The van der Waals surface area contributed by atoms with Crippen molar-refractivity contribution in [2.24, 2.45) is 0 Å². The summed E-state index contributed by atoms with van der Waals surface area (Å²) in [5.41, 5.74) is 2.88. The number of benzene rings is 2. The van der Waals surface area contributed by atoms with Gasteiger partial charge in [0.25, 0.3) is 0 Å². The van der Waals surface area contributed by atoms with Gasteiger partial charge in [-0.05, 0) is 65.7 Å². The van der Waals surface area contributed by atoms with Gasteiger partial charge >= 0.3 is 0 Å². The van der Waals surface area contributed by atoms with Crippen LogP contribution in [0.5, 0.6) is 0 Å². The minimum absolute atomic E-state index is 0.275. The first-order chi connectivity index (χ1) is 9.86. The Hall–Kier alpha value is -1.59. The molecule has 0 aliphatic carbocycles. The Morgan fingerprint density at radius 2 is 2.00 bits per heavy atom. The lowest BCUT2D eigenvalue weighted by atomic mass is 9.97. The van der Waals surface area contributed by atoms with Crippen LogP contribution >= 0.6 is 15.9 Å². The molecular formula is C16H16BrFN2O. The molecule has 0 radical (unpaired) electrons. The van der Waals surface area contributed by atoms with Crippen LogP contribution in [0.4, 0.5) is 21.5 Å². The summed E-state index contributed by atoms with van der Waals surface area (Å²) in [5, 5.41) is 13.4. The Morgan fingerprint density at radius 3 is 2.67 bits per heavy atom. The van der Waals surface area contributed by atoms with Crippen LogP contribution in [-0.2, 0) is 5.60 Å². The minimum Gasteiger partial charge on any atom is -0.386 e. The fraction of sp³-hybridized carbons (Fsp3) is 0.250. The Kier molecular flexibility index (Phi) is 3.42. The standard InChI is InChI=1S/C16H16BrFN2O/c1-16(2,21)10-3-6-15-14(7-10)19-9-20(15)11-4-5-13(18)12(17)8-11/h3-8,19,21H,9H2,1-2H3. The number of anilines is 3. The van der Waals surface area contributed by atoms with Gasteiger partial charge in [-0.25, -0.2) is 4.39 Å². The summed E-state index contributed by atoms with van der Waals surface area (Å²) < 4.78 is 13.8. The molecule has 0 atom stereocenters. The van der Waals surface area contributed by atoms with Crippen LogP contribution in [0.2, 0.25) is 0 Å². The van der Waals surface area contributed by atoms with Crippen molar-refractivity contribution < 1.29 is 9.50 Å². The summed E-state index contributed by atoms with van der Waals surface area (Å²) in [6, 6.07) is 10.8. The van der Waals surface area contributed by atoms with Gasteiger partial charge in [-0.2, -0.15) is 0 Å². The molecule has 3 rings (SSSR count). The van der Waals surface area contributed by atoms with Gasteiger partial charge in [-0.3, -0.25) is 0 Å². The number of hydrogen-bond donors (Lipinski definition) is 2. The van der Waals surface area contributed by atoms with Gasteiger partial charge in [0.2, 0.25) is 0 Å². The maximum atomic E-state index is 13.4. The lowest BCUT2D eigenvalue weighted by molar-refractivity contribution is 0.0787. The highest BCUT2D eigenvalue weighted by Crippen LogP contribution is 2.39. The highest BCUT2D eigenvalue weighted by atomic mass is 79.9. The molecule has 2 N–H and O–H groups in total. The van der Waals surface area contributed by atoms with Crippen LogP contribution < -0.4 is 10.2 Å². The van der Waals surface area contributed by atoms with E-state index in [0.29, 0.717) is 11.1 Å². The van der Waals surface area contributed by atoms with E-state index in [1.807, 2.05) is 18.2 Å². The molecule has 0 spiro atoms. The molecular weight excluding hydrogens is 335 g/mol. The topological polar surface area (TPSA) is 35.5 Å². The normalized spacial score (nSPS) is 14.0. The smallest absolute Gasteiger partial charge is 0.137 e. The molecule has 0 fully saturated rings. The number of halogens is 2. The lowest BCUT2D eigenvalue weighted by Crippen LogP contribution is -2.16. The van der Waals surface area contributed by atoms with E-state index in [1.54, 1.807) is 26.0 Å². The first kappa shape index (κ1) is 14.4. The van der Waals surface area contributed by atoms with E-state index < -0.39 is 5.60 Å². The predicted molar refractivity (Wildman–Crippen MR) is 86.4 cm³/mol. The molecule has 0 aromatic heterocycles. The third-order valence-electron chi connectivity index (χ3n) is 3.64. The summed E-state index contributed by atoms with van der Waals surface area (Å²) in [4.78, 5) is 2.06. The van der Waals surface area contributed by atoms with Crippen LogP contribution in [0.15, 0.2) is 40.9 Å². The minimum atomic E-state index is -0.872. The second-order valence-electron chi connectivity index (χ2n) is 5.65. The van der Waals surface area contributed by atoms with Crippen molar-refractivity contribution in [3.05, 3.63) is 52.3 Å². The molecule has 5 heteroatoms. The zero-order valence-corrected chi connectivity index (χ0v) is 13.4. The van der Waals surface area contributed by atoms with E-state index in [-0.39, 0.29) is 5.82 Å². The van der Waals surface area contributed by atoms with Gasteiger partial charge < -0.3 is 15.3 Å². The summed E-state index contributed by atoms with van der Waals surface area (Å²) >= 11 is 3.22. The molecule has 1 aliphatic heterocycles. The summed E-state index contributed by atoms with van der Waals surface area (Å²) in [5.74, 6) is -0.275. The first-order valence-corrected chi connectivity index (χ1v) is 7.49. The number of aliphatic hydroxyl groups is 1. The van der Waals surface area contributed by atoms with Crippen LogP contribution in [0, 0.1) is 5.82 Å². The van der Waals surface area contributed by atoms with Gasteiger partial charge in [0.05, 0.1) is 28.1 Å². The highest BCUT2D eigenvalue weighted by molar-refractivity contribution is 9.10. The zero-order valence-electron chi connectivity index (χ0n) is 11.8. The molecule has 1 aliphatic rings. The Morgan fingerprint density at radius 1 is 1.24 bits per heavy atom. The molecule has 2 aromatic carbocycles. The van der Waals surface area contributed by atoms with Crippen molar-refractivity contribution in [3.63, 3.8) is 0 Å². The van der Waals surface area contributed by atoms with Gasteiger partial charge in [0.15, 0.2) is 0 Å². The molecule has 1 heterocycles. The zero-order chi connectivity index (χ0) is 15.2. The average Bonchev–Trinajstić information content (AvgIpc) is 2.84. The van der Waals surface area contributed by atoms with E-state index in [1.165, 1.54) is 6.07 Å². The van der Waals surface area contributed by atoms with E-state index >= 15 is 0 Å². The van der Waals surface area contributed by atoms with Crippen molar-refractivity contribution in [2.45, 2.75) is 19.4 Å². The molecule has 0 amide bonds. The van der Waals surface area contributed by atoms with E-state index in [2.05, 4.69) is 26.1 Å². The van der Waals surface area contributed by atoms with Gasteiger partial charge in [-0.15, -0.1) is 0 Å². The molecule has 0 unspecified atom stereocenters. The maximum absolute atomic E-state index is 13.4. The number of nitrogens with one attached hydrogen (secondary N) is 1. The van der Waals surface area contributed by atoms with E-state index in [9.17, 15) is 9.50 Å². The van der Waals surface area contributed by atoms with Crippen LogP contribution in [0.1, 0.15) is 19.4 Å². The second kappa shape index (κ2) is 5.00. The molecule has 3 nitrogen and oxygen atoms in total. The predicted octanol–water partition coefficient (Wildman–Crippen LogP) is 4.34. The van der Waals surface area contributed by atoms with Crippen molar-refractivity contribution in [1.29, 1.82) is 0 Å². The largest absolute Gasteiger partial charge is 0.386 e. The van der Waals surface area contributed by atoms with Gasteiger partial charge in [0.1, 0.15) is 5.82 Å². The molecule has 21 heavy (non-hydrogen) atoms. The molecule has 0 saturated carbocycles. The fourth-order valence-corrected chi connectivity index (χ4v) is 2.79. The van der Waals surface area contributed by atoms with Crippen molar-refractivity contribution in [1.82, 2.24) is 0 Å². The Labute approximate surface area is 131 Å². The third kappa shape index (κ3) is 2.63. The summed E-state index contributed by atoms with van der Waals surface area (Å²) in [6.45, 7) is 4.14. The first-order valence-electron chi connectivity index (χ1n) is 6.69. The van der Waals surface area contributed by atoms with E-state index in [0.717, 1.165) is 22.6 Å². The molecule has 2 aromatic rings. The maximum Gasteiger partial charge on any atom is 0.137 e. The van der Waals surface area contributed by atoms with E-state index in [4.69, 9.17) is 0 Å². The van der Waals surface area contributed by atoms with Crippen LogP contribution in [-0.4, -0.2) is 11.8 Å². The molecule has 0 saturated heterocycles. The van der Waals surface area contributed by atoms with Crippen LogP contribution in [0.3, 0.4) is 0 Å². The number of nitrogens with zero attached hydrogens (tertiary/aromatic N) is 1.